The van der Waals surface area contributed by atoms with Crippen molar-refractivity contribution in [3.63, 3.8) is 0 Å². The fourth-order valence-corrected chi connectivity index (χ4v) is 3.83. The van der Waals surface area contributed by atoms with Crippen molar-refractivity contribution < 1.29 is 14.3 Å². The molecule has 3 rings (SSSR count). The minimum atomic E-state index is -0.972. The lowest BCUT2D eigenvalue weighted by molar-refractivity contribution is -0.127. The first-order valence-corrected chi connectivity index (χ1v) is 9.78. The number of rotatable bonds is 5. The number of fused-ring (bicyclic) bond motifs is 1. The lowest BCUT2D eigenvalue weighted by atomic mass is 9.96. The number of likely N-dealkylation sites (N-methyl/N-ethyl adjacent to an activating group) is 1. The van der Waals surface area contributed by atoms with E-state index in [0.29, 0.717) is 17.9 Å². The highest BCUT2D eigenvalue weighted by Gasteiger charge is 2.43. The zero-order chi connectivity index (χ0) is 20.5. The standard InChI is InChI=1S/C21H24BrN3O3/c1-21(2)20(27)23-16-7-5-6-8-17(16)25(21)19(26)13-24(3)12-14-11-15(22)9-10-18(14)28-4/h5-11H,12-13H2,1-4H3,(H,23,27). The first-order chi connectivity index (χ1) is 13.2. The Kier molecular flexibility index (Phi) is 5.76. The maximum absolute atomic E-state index is 13.2. The molecule has 1 aliphatic rings. The summed E-state index contributed by atoms with van der Waals surface area (Å²) in [6.07, 6.45) is 0. The van der Waals surface area contributed by atoms with Gasteiger partial charge in [0.2, 0.25) is 11.8 Å². The van der Waals surface area contributed by atoms with Crippen LogP contribution in [0.25, 0.3) is 0 Å². The van der Waals surface area contributed by atoms with Gasteiger partial charge in [0.25, 0.3) is 0 Å². The summed E-state index contributed by atoms with van der Waals surface area (Å²) in [6, 6.07) is 13.1. The number of carbonyl (C=O) groups excluding carboxylic acids is 2. The van der Waals surface area contributed by atoms with Gasteiger partial charge < -0.3 is 10.1 Å². The predicted molar refractivity (Wildman–Crippen MR) is 114 cm³/mol. The molecule has 0 radical (unpaired) electrons. The van der Waals surface area contributed by atoms with Crippen LogP contribution in [0, 0.1) is 0 Å². The number of anilines is 2. The second-order valence-electron chi connectivity index (χ2n) is 7.39. The molecule has 0 saturated heterocycles. The zero-order valence-electron chi connectivity index (χ0n) is 16.5. The Bertz CT molecular complexity index is 914. The van der Waals surface area contributed by atoms with E-state index in [1.807, 2.05) is 48.3 Å². The lowest BCUT2D eigenvalue weighted by Crippen LogP contribution is -2.60. The van der Waals surface area contributed by atoms with Gasteiger partial charge in [-0.2, -0.15) is 0 Å². The molecular weight excluding hydrogens is 422 g/mol. The summed E-state index contributed by atoms with van der Waals surface area (Å²) in [7, 11) is 3.50. The van der Waals surface area contributed by atoms with Crippen LogP contribution < -0.4 is 15.0 Å². The van der Waals surface area contributed by atoms with Gasteiger partial charge in [-0.25, -0.2) is 0 Å². The SMILES string of the molecule is COc1ccc(Br)cc1CN(C)CC(=O)N1c2ccccc2NC(=O)C1(C)C. The molecule has 0 unspecified atom stereocenters. The highest BCUT2D eigenvalue weighted by Crippen LogP contribution is 2.36. The molecule has 6 nitrogen and oxygen atoms in total. The molecule has 2 aromatic carbocycles. The highest BCUT2D eigenvalue weighted by atomic mass is 79.9. The first-order valence-electron chi connectivity index (χ1n) is 8.98. The quantitative estimate of drug-likeness (QED) is 0.762. The van der Waals surface area contributed by atoms with Crippen molar-refractivity contribution in [2.75, 3.05) is 30.9 Å². The maximum atomic E-state index is 13.2. The fourth-order valence-electron chi connectivity index (χ4n) is 3.42. The van der Waals surface area contributed by atoms with E-state index in [9.17, 15) is 9.59 Å². The molecule has 2 aromatic rings. The van der Waals surface area contributed by atoms with E-state index in [0.717, 1.165) is 15.8 Å². The number of nitrogens with one attached hydrogen (secondary N) is 1. The van der Waals surface area contributed by atoms with Gasteiger partial charge in [-0.05, 0) is 51.2 Å². The molecule has 0 spiro atoms. The number of halogens is 1. The van der Waals surface area contributed by atoms with Crippen LogP contribution in [0.3, 0.4) is 0 Å². The van der Waals surface area contributed by atoms with Gasteiger partial charge >= 0.3 is 0 Å². The van der Waals surface area contributed by atoms with Crippen molar-refractivity contribution in [2.45, 2.75) is 25.9 Å². The largest absolute Gasteiger partial charge is 0.496 e. The Hall–Kier alpha value is -2.38. The molecule has 0 bridgehead atoms. The van der Waals surface area contributed by atoms with Crippen LogP contribution in [-0.4, -0.2) is 43.0 Å². The number of amides is 2. The second-order valence-corrected chi connectivity index (χ2v) is 8.30. The second kappa shape index (κ2) is 7.93. The summed E-state index contributed by atoms with van der Waals surface area (Å²) in [5.74, 6) is 0.435. The van der Waals surface area contributed by atoms with Gasteiger partial charge in [0.1, 0.15) is 11.3 Å². The van der Waals surface area contributed by atoms with Crippen LogP contribution in [0.4, 0.5) is 11.4 Å². The van der Waals surface area contributed by atoms with Crippen molar-refractivity contribution in [3.05, 3.63) is 52.5 Å². The molecule has 1 heterocycles. The van der Waals surface area contributed by atoms with Crippen molar-refractivity contribution >= 4 is 39.1 Å². The van der Waals surface area contributed by atoms with Gasteiger partial charge in [-0.3, -0.25) is 19.4 Å². The number of para-hydroxylation sites is 2. The minimum absolute atomic E-state index is 0.135. The van der Waals surface area contributed by atoms with Crippen LogP contribution >= 0.6 is 15.9 Å². The lowest BCUT2D eigenvalue weighted by Gasteiger charge is -2.42. The average molecular weight is 446 g/mol. The summed E-state index contributed by atoms with van der Waals surface area (Å²) < 4.78 is 6.37. The van der Waals surface area contributed by atoms with Gasteiger partial charge in [0.15, 0.2) is 0 Å². The molecule has 0 fully saturated rings. The monoisotopic (exact) mass is 445 g/mol. The molecule has 0 aromatic heterocycles. The van der Waals surface area contributed by atoms with E-state index in [-0.39, 0.29) is 18.4 Å². The van der Waals surface area contributed by atoms with Gasteiger partial charge in [-0.1, -0.05) is 28.1 Å². The number of carbonyl (C=O) groups is 2. The Morgan fingerprint density at radius 2 is 1.96 bits per heavy atom. The third kappa shape index (κ3) is 3.91. The molecule has 1 N–H and O–H groups in total. The Labute approximate surface area is 173 Å². The smallest absolute Gasteiger partial charge is 0.250 e. The highest BCUT2D eigenvalue weighted by molar-refractivity contribution is 9.10. The fraction of sp³-hybridized carbons (Fsp3) is 0.333. The molecule has 2 amide bonds. The topological polar surface area (TPSA) is 61.9 Å². The number of hydrogen-bond acceptors (Lipinski definition) is 4. The molecule has 0 atom stereocenters. The molecule has 0 aliphatic carbocycles. The molecule has 1 aliphatic heterocycles. The van der Waals surface area contributed by atoms with E-state index in [1.54, 1.807) is 31.9 Å². The summed E-state index contributed by atoms with van der Waals surface area (Å²) >= 11 is 3.47. The van der Waals surface area contributed by atoms with Crippen molar-refractivity contribution in [1.29, 1.82) is 0 Å². The van der Waals surface area contributed by atoms with Crippen molar-refractivity contribution in [3.8, 4) is 5.75 Å². The van der Waals surface area contributed by atoms with Crippen molar-refractivity contribution in [1.82, 2.24) is 4.90 Å². The molecule has 28 heavy (non-hydrogen) atoms. The number of ether oxygens (including phenoxy) is 1. The summed E-state index contributed by atoms with van der Waals surface area (Å²) in [6.45, 7) is 4.22. The van der Waals surface area contributed by atoms with Crippen LogP contribution in [0.2, 0.25) is 0 Å². The number of benzene rings is 2. The van der Waals surface area contributed by atoms with Gasteiger partial charge in [0, 0.05) is 16.6 Å². The molecule has 148 valence electrons. The van der Waals surface area contributed by atoms with Crippen LogP contribution in [0.5, 0.6) is 5.75 Å². The van der Waals surface area contributed by atoms with Crippen LogP contribution in [0.15, 0.2) is 46.9 Å². The Morgan fingerprint density at radius 1 is 1.25 bits per heavy atom. The Balaban J connectivity index is 1.82. The van der Waals surface area contributed by atoms with E-state index in [2.05, 4.69) is 21.2 Å². The normalized spacial score (nSPS) is 15.2. The zero-order valence-corrected chi connectivity index (χ0v) is 18.0. The number of hydrogen-bond donors (Lipinski definition) is 1. The molecule has 0 saturated carbocycles. The van der Waals surface area contributed by atoms with E-state index < -0.39 is 5.54 Å². The van der Waals surface area contributed by atoms with Crippen molar-refractivity contribution in [2.24, 2.45) is 0 Å². The van der Waals surface area contributed by atoms with E-state index in [1.165, 1.54) is 0 Å². The predicted octanol–water partition coefficient (Wildman–Crippen LogP) is 3.65. The summed E-state index contributed by atoms with van der Waals surface area (Å²) in [5.41, 5.74) is 1.37. The average Bonchev–Trinajstić information content (AvgIpc) is 2.62. The summed E-state index contributed by atoms with van der Waals surface area (Å²) in [4.78, 5) is 29.3. The number of nitrogens with zero attached hydrogens (tertiary/aromatic N) is 2. The number of methoxy groups -OCH3 is 1. The maximum Gasteiger partial charge on any atom is 0.250 e. The third-order valence-electron chi connectivity index (χ3n) is 4.85. The summed E-state index contributed by atoms with van der Waals surface area (Å²) in [5, 5.41) is 2.88. The third-order valence-corrected chi connectivity index (χ3v) is 5.34. The van der Waals surface area contributed by atoms with E-state index >= 15 is 0 Å². The molecule has 7 heteroatoms. The van der Waals surface area contributed by atoms with Crippen LogP contribution in [0.1, 0.15) is 19.4 Å². The van der Waals surface area contributed by atoms with Gasteiger partial charge in [0.05, 0.1) is 25.0 Å². The van der Waals surface area contributed by atoms with E-state index in [4.69, 9.17) is 4.74 Å². The van der Waals surface area contributed by atoms with Crippen LogP contribution in [-0.2, 0) is 16.1 Å². The van der Waals surface area contributed by atoms with Gasteiger partial charge in [-0.15, -0.1) is 0 Å². The molecular formula is C21H24BrN3O3. The Morgan fingerprint density at radius 3 is 2.68 bits per heavy atom. The minimum Gasteiger partial charge on any atom is -0.496 e. The first kappa shape index (κ1) is 20.4.